The molecule has 3 aromatic rings. The van der Waals surface area contributed by atoms with Crippen molar-refractivity contribution in [3.8, 4) is 0 Å². The number of para-hydroxylation sites is 1. The van der Waals surface area contributed by atoms with Crippen LogP contribution in [0.25, 0.3) is 10.9 Å². The van der Waals surface area contributed by atoms with E-state index in [1.165, 1.54) is 13.0 Å². The number of carbonyl (C=O) groups is 2. The Labute approximate surface area is 165 Å². The minimum atomic E-state index is -1.06. The maximum atomic E-state index is 13.6. The number of nitrogens with one attached hydrogen (secondary N) is 2. The van der Waals surface area contributed by atoms with Crippen molar-refractivity contribution >= 4 is 28.5 Å². The van der Waals surface area contributed by atoms with Gasteiger partial charge in [-0.15, -0.1) is 0 Å². The minimum Gasteiger partial charge on any atom is -0.453 e. The lowest BCUT2D eigenvalue weighted by Gasteiger charge is -2.14. The van der Waals surface area contributed by atoms with Gasteiger partial charge in [-0.2, -0.15) is 0 Å². The van der Waals surface area contributed by atoms with Gasteiger partial charge in [-0.1, -0.05) is 18.2 Å². The molecule has 2 N–H and O–H groups in total. The molecule has 0 fully saturated rings. The Balaban J connectivity index is 1.55. The highest BCUT2D eigenvalue weighted by Gasteiger charge is 2.18. The molecular weight excluding hydrogens is 377 g/mol. The zero-order valence-electron chi connectivity index (χ0n) is 16.0. The Bertz CT molecular complexity index is 1130. The fourth-order valence-electron chi connectivity index (χ4n) is 2.70. The number of carbonyl (C=O) groups excluding carboxylic acids is 2. The van der Waals surface area contributed by atoms with E-state index in [0.29, 0.717) is 22.3 Å². The zero-order valence-corrected chi connectivity index (χ0v) is 16.0. The largest absolute Gasteiger partial charge is 0.453 e. The monoisotopic (exact) mass is 397 g/mol. The summed E-state index contributed by atoms with van der Waals surface area (Å²) in [6.07, 6.45) is -0.954. The number of rotatable bonds is 6. The molecule has 1 amide bonds. The van der Waals surface area contributed by atoms with Crippen LogP contribution in [0.3, 0.4) is 0 Å². The van der Waals surface area contributed by atoms with Gasteiger partial charge < -0.3 is 15.0 Å². The van der Waals surface area contributed by atoms with Gasteiger partial charge >= 0.3 is 5.97 Å². The van der Waals surface area contributed by atoms with Gasteiger partial charge in [0.2, 0.25) is 0 Å². The van der Waals surface area contributed by atoms with Crippen LogP contribution >= 0.6 is 0 Å². The third-order valence-corrected chi connectivity index (χ3v) is 4.34. The van der Waals surface area contributed by atoms with Crippen molar-refractivity contribution in [1.29, 1.82) is 0 Å². The maximum absolute atomic E-state index is 13.6. The Morgan fingerprint density at radius 1 is 1.24 bits per heavy atom. The topological polar surface area (TPSA) is 101 Å². The first-order valence-electron chi connectivity index (χ1n) is 9.08. The van der Waals surface area contributed by atoms with E-state index in [0.717, 1.165) is 0 Å². The number of benzene rings is 2. The average Bonchev–Trinajstić information content (AvgIpc) is 2.69. The molecule has 0 aliphatic carbocycles. The molecule has 1 atom stereocenters. The first-order chi connectivity index (χ1) is 13.8. The highest BCUT2D eigenvalue weighted by Crippen LogP contribution is 2.14. The van der Waals surface area contributed by atoms with Gasteiger partial charge in [0.1, 0.15) is 11.6 Å². The summed E-state index contributed by atoms with van der Waals surface area (Å²) in [6, 6.07) is 11.2. The summed E-state index contributed by atoms with van der Waals surface area (Å²) in [5.74, 6) is -1.26. The summed E-state index contributed by atoms with van der Waals surface area (Å²) < 4.78 is 18.7. The third-order valence-electron chi connectivity index (χ3n) is 4.34. The highest BCUT2D eigenvalue weighted by atomic mass is 19.1. The normalized spacial score (nSPS) is 11.8. The summed E-state index contributed by atoms with van der Waals surface area (Å²) in [6.45, 7) is 3.04. The smallest absolute Gasteiger partial charge is 0.307 e. The maximum Gasteiger partial charge on any atom is 0.307 e. The third kappa shape index (κ3) is 5.04. The number of hydrogen-bond donors (Lipinski definition) is 2. The van der Waals surface area contributed by atoms with Crippen molar-refractivity contribution in [2.75, 3.05) is 5.32 Å². The molecule has 7 nitrogen and oxygen atoms in total. The van der Waals surface area contributed by atoms with Crippen LogP contribution in [0.2, 0.25) is 0 Å². The zero-order chi connectivity index (χ0) is 21.0. The molecule has 1 aromatic heterocycles. The van der Waals surface area contributed by atoms with E-state index in [2.05, 4.69) is 15.3 Å². The van der Waals surface area contributed by atoms with Crippen LogP contribution in [0.1, 0.15) is 24.7 Å². The number of aryl methyl sites for hydroxylation is 2. The van der Waals surface area contributed by atoms with Crippen LogP contribution in [0.15, 0.2) is 47.3 Å². The van der Waals surface area contributed by atoms with Crippen molar-refractivity contribution in [3.05, 3.63) is 70.0 Å². The molecule has 0 aliphatic heterocycles. The number of aromatic amines is 1. The molecule has 29 heavy (non-hydrogen) atoms. The predicted octanol–water partition coefficient (Wildman–Crippen LogP) is 2.87. The number of halogens is 1. The Morgan fingerprint density at radius 3 is 2.76 bits per heavy atom. The number of esters is 1. The van der Waals surface area contributed by atoms with Crippen LogP contribution in [-0.4, -0.2) is 27.9 Å². The lowest BCUT2D eigenvalue weighted by atomic mass is 10.2. The first kappa shape index (κ1) is 20.2. The van der Waals surface area contributed by atoms with E-state index < -0.39 is 23.8 Å². The van der Waals surface area contributed by atoms with E-state index in [9.17, 15) is 18.8 Å². The summed E-state index contributed by atoms with van der Waals surface area (Å²) >= 11 is 0. The molecular formula is C21H20FN3O4. The summed E-state index contributed by atoms with van der Waals surface area (Å²) in [5, 5.41) is 2.97. The molecule has 8 heteroatoms. The van der Waals surface area contributed by atoms with Crippen molar-refractivity contribution < 1.29 is 18.7 Å². The van der Waals surface area contributed by atoms with E-state index in [4.69, 9.17) is 4.74 Å². The summed E-state index contributed by atoms with van der Waals surface area (Å²) in [7, 11) is 0. The summed E-state index contributed by atoms with van der Waals surface area (Å²) in [5.41, 5.74) is 0.997. The van der Waals surface area contributed by atoms with Gasteiger partial charge in [0.15, 0.2) is 6.10 Å². The van der Waals surface area contributed by atoms with Gasteiger partial charge in [0, 0.05) is 12.1 Å². The van der Waals surface area contributed by atoms with Crippen LogP contribution in [0.4, 0.5) is 10.1 Å². The van der Waals surface area contributed by atoms with E-state index >= 15 is 0 Å². The number of aromatic nitrogens is 2. The van der Waals surface area contributed by atoms with Gasteiger partial charge in [-0.3, -0.25) is 14.4 Å². The molecule has 150 valence electrons. The minimum absolute atomic E-state index is 0.0575. The Morgan fingerprint density at radius 2 is 2.00 bits per heavy atom. The number of H-pyrrole nitrogens is 1. The number of fused-ring (bicyclic) bond motifs is 1. The van der Waals surface area contributed by atoms with Crippen LogP contribution in [0, 0.1) is 12.7 Å². The molecule has 3 rings (SSSR count). The lowest BCUT2D eigenvalue weighted by molar-refractivity contribution is -0.153. The van der Waals surface area contributed by atoms with E-state index in [1.54, 1.807) is 43.3 Å². The van der Waals surface area contributed by atoms with Crippen LogP contribution in [-0.2, 0) is 20.7 Å². The van der Waals surface area contributed by atoms with E-state index in [1.807, 2.05) is 0 Å². The Hall–Kier alpha value is -3.55. The second-order valence-electron chi connectivity index (χ2n) is 6.62. The summed E-state index contributed by atoms with van der Waals surface area (Å²) in [4.78, 5) is 43.2. The molecule has 0 radical (unpaired) electrons. The fourth-order valence-corrected chi connectivity index (χ4v) is 2.70. The van der Waals surface area contributed by atoms with Gasteiger partial charge in [0.25, 0.3) is 11.5 Å². The number of nitrogens with zero attached hydrogens (tertiary/aromatic N) is 1. The average molecular weight is 397 g/mol. The molecule has 0 bridgehead atoms. The quantitative estimate of drug-likeness (QED) is 0.623. The molecule has 0 saturated heterocycles. The number of hydrogen-bond acceptors (Lipinski definition) is 5. The molecule has 0 unspecified atom stereocenters. The fraction of sp³-hybridized carbons (Fsp3) is 0.238. The first-order valence-corrected chi connectivity index (χ1v) is 9.08. The number of amides is 1. The number of anilines is 1. The van der Waals surface area contributed by atoms with Gasteiger partial charge in [-0.05, 0) is 43.7 Å². The Kier molecular flexibility index (Phi) is 6.01. The lowest BCUT2D eigenvalue weighted by Crippen LogP contribution is -2.30. The molecule has 0 saturated carbocycles. The molecule has 1 heterocycles. The highest BCUT2D eigenvalue weighted by molar-refractivity contribution is 5.95. The molecule has 0 spiro atoms. The van der Waals surface area contributed by atoms with Crippen LogP contribution in [0.5, 0.6) is 0 Å². The van der Waals surface area contributed by atoms with Crippen molar-refractivity contribution in [1.82, 2.24) is 9.97 Å². The number of ether oxygens (including phenoxy) is 1. The van der Waals surface area contributed by atoms with Gasteiger partial charge in [0.05, 0.1) is 17.3 Å². The SMILES string of the molecule is Cc1ccc(NC(=O)[C@@H](C)OC(=O)CCc2nc3ccccc3c(=O)[nH]2)cc1F. The molecule has 0 aliphatic rings. The molecule has 2 aromatic carbocycles. The standard InChI is InChI=1S/C21H20FN3O4/c1-12-7-8-14(11-16(12)22)23-20(27)13(2)29-19(26)10-9-18-24-17-6-4-3-5-15(17)21(28)25-18/h3-8,11,13H,9-10H2,1-2H3,(H,23,27)(H,24,25,28)/t13-/m1/s1. The van der Waals surface area contributed by atoms with Crippen molar-refractivity contribution in [2.45, 2.75) is 32.8 Å². The van der Waals surface area contributed by atoms with Crippen molar-refractivity contribution in [2.24, 2.45) is 0 Å². The van der Waals surface area contributed by atoms with E-state index in [-0.39, 0.29) is 24.1 Å². The van der Waals surface area contributed by atoms with Crippen molar-refractivity contribution in [3.63, 3.8) is 0 Å². The second-order valence-corrected chi connectivity index (χ2v) is 6.62. The predicted molar refractivity (Wildman–Crippen MR) is 106 cm³/mol. The second kappa shape index (κ2) is 8.64. The van der Waals surface area contributed by atoms with Gasteiger partial charge in [-0.25, -0.2) is 9.37 Å². The van der Waals surface area contributed by atoms with Crippen LogP contribution < -0.4 is 10.9 Å².